The maximum atomic E-state index is 6.10. The van der Waals surface area contributed by atoms with Crippen LogP contribution in [0, 0.1) is 0 Å². The molecule has 1 N–H and O–H groups in total. The molecule has 1 aromatic rings. The summed E-state index contributed by atoms with van der Waals surface area (Å²) in [4.78, 5) is 1.51. The first-order chi connectivity index (χ1) is 8.28. The molecule has 0 aliphatic heterocycles. The second-order valence-electron chi connectivity index (χ2n) is 5.00. The molecule has 1 fully saturated rings. The van der Waals surface area contributed by atoms with E-state index in [0.29, 0.717) is 12.1 Å². The second-order valence-corrected chi connectivity index (χ2v) is 7.84. The molecule has 0 bridgehead atoms. The highest BCUT2D eigenvalue weighted by atomic mass is 35.5. The summed E-state index contributed by atoms with van der Waals surface area (Å²) in [5.41, 5.74) is 1.48. The lowest BCUT2D eigenvalue weighted by atomic mass is 10.1. The number of fused-ring (bicyclic) bond motifs is 1. The van der Waals surface area contributed by atoms with Crippen LogP contribution >= 0.6 is 34.7 Å². The molecule has 1 saturated carbocycles. The number of halogens is 1. The Morgan fingerprint density at radius 1 is 1.41 bits per heavy atom. The van der Waals surface area contributed by atoms with E-state index in [0.717, 1.165) is 9.59 Å². The molecule has 2 aliphatic rings. The molecule has 2 aliphatic carbocycles. The minimum absolute atomic E-state index is 0.562. The molecular weight excluding hydrogens is 270 g/mol. The highest BCUT2D eigenvalue weighted by Crippen LogP contribution is 2.41. The first-order valence-corrected chi connectivity index (χ1v) is 8.83. The number of rotatable bonds is 3. The highest BCUT2D eigenvalue weighted by molar-refractivity contribution is 7.99. The molecule has 4 heteroatoms. The smallest absolute Gasteiger partial charge is 0.0934 e. The van der Waals surface area contributed by atoms with Gasteiger partial charge in [-0.3, -0.25) is 0 Å². The monoisotopic (exact) mass is 287 g/mol. The van der Waals surface area contributed by atoms with Crippen LogP contribution in [-0.4, -0.2) is 17.5 Å². The number of thiophene rings is 1. The predicted molar refractivity (Wildman–Crippen MR) is 78.5 cm³/mol. The Labute approximate surface area is 116 Å². The standard InChI is InChI=1S/C13H18ClNS2/c1-16-12-4-2-3-10(12)15-9-5-6-11-8(9)7-13(14)17-11/h7,9-10,12,15H,2-6H2,1H3. The van der Waals surface area contributed by atoms with Crippen molar-refractivity contribution in [1.82, 2.24) is 5.32 Å². The molecule has 1 aromatic heterocycles. The van der Waals surface area contributed by atoms with Crippen LogP contribution in [0.2, 0.25) is 4.34 Å². The van der Waals surface area contributed by atoms with Crippen LogP contribution in [0.25, 0.3) is 0 Å². The lowest BCUT2D eigenvalue weighted by Crippen LogP contribution is -2.36. The third-order valence-corrected chi connectivity index (χ3v) is 6.53. The van der Waals surface area contributed by atoms with Crippen molar-refractivity contribution >= 4 is 34.7 Å². The topological polar surface area (TPSA) is 12.0 Å². The number of aryl methyl sites for hydroxylation is 1. The molecule has 3 atom stereocenters. The fraction of sp³-hybridized carbons (Fsp3) is 0.692. The molecule has 94 valence electrons. The fourth-order valence-electron chi connectivity index (χ4n) is 3.16. The molecule has 3 unspecified atom stereocenters. The largest absolute Gasteiger partial charge is 0.306 e. The predicted octanol–water partition coefficient (Wildman–Crippen LogP) is 4.26. The Kier molecular flexibility index (Phi) is 3.72. The second kappa shape index (κ2) is 5.12. The fourth-order valence-corrected chi connectivity index (χ4v) is 5.46. The maximum absolute atomic E-state index is 6.10. The van der Waals surface area contributed by atoms with Gasteiger partial charge >= 0.3 is 0 Å². The molecule has 3 rings (SSSR count). The van der Waals surface area contributed by atoms with Crippen LogP contribution in [0.5, 0.6) is 0 Å². The Balaban J connectivity index is 1.70. The van der Waals surface area contributed by atoms with Crippen LogP contribution in [0.15, 0.2) is 6.07 Å². The number of hydrogen-bond acceptors (Lipinski definition) is 3. The van der Waals surface area contributed by atoms with Crippen LogP contribution in [0.3, 0.4) is 0 Å². The Hall–Kier alpha value is 0.300. The van der Waals surface area contributed by atoms with E-state index in [4.69, 9.17) is 11.6 Å². The van der Waals surface area contributed by atoms with Gasteiger partial charge in [0.25, 0.3) is 0 Å². The van der Waals surface area contributed by atoms with Crippen LogP contribution < -0.4 is 5.32 Å². The van der Waals surface area contributed by atoms with Gasteiger partial charge in [-0.25, -0.2) is 0 Å². The maximum Gasteiger partial charge on any atom is 0.0934 e. The normalized spacial score (nSPS) is 32.0. The summed E-state index contributed by atoms with van der Waals surface area (Å²) in [6, 6.07) is 3.45. The van der Waals surface area contributed by atoms with Gasteiger partial charge in [0.15, 0.2) is 0 Å². The molecule has 17 heavy (non-hydrogen) atoms. The van der Waals surface area contributed by atoms with Gasteiger partial charge in [-0.2, -0.15) is 11.8 Å². The summed E-state index contributed by atoms with van der Waals surface area (Å²) >= 11 is 9.89. The van der Waals surface area contributed by atoms with Crippen molar-refractivity contribution in [1.29, 1.82) is 0 Å². The minimum atomic E-state index is 0.562. The van der Waals surface area contributed by atoms with Crippen molar-refractivity contribution in [3.8, 4) is 0 Å². The lowest BCUT2D eigenvalue weighted by Gasteiger charge is -2.23. The average Bonchev–Trinajstić information content (AvgIpc) is 2.96. The van der Waals surface area contributed by atoms with E-state index in [1.807, 2.05) is 11.8 Å². The lowest BCUT2D eigenvalue weighted by molar-refractivity contribution is 0.443. The number of hydrogen-bond donors (Lipinski definition) is 1. The first-order valence-electron chi connectivity index (χ1n) is 6.35. The first kappa shape index (κ1) is 12.3. The quantitative estimate of drug-likeness (QED) is 0.891. The van der Waals surface area contributed by atoms with Gasteiger partial charge < -0.3 is 5.32 Å². The van der Waals surface area contributed by atoms with E-state index < -0.39 is 0 Å². The summed E-state index contributed by atoms with van der Waals surface area (Å²) in [6.07, 6.45) is 8.81. The zero-order valence-corrected chi connectivity index (χ0v) is 12.4. The van der Waals surface area contributed by atoms with Gasteiger partial charge in [-0.15, -0.1) is 11.3 Å². The number of thioether (sulfide) groups is 1. The summed E-state index contributed by atoms with van der Waals surface area (Å²) in [6.45, 7) is 0. The van der Waals surface area contributed by atoms with E-state index in [9.17, 15) is 0 Å². The van der Waals surface area contributed by atoms with Gasteiger partial charge in [0.2, 0.25) is 0 Å². The van der Waals surface area contributed by atoms with Gasteiger partial charge in [-0.1, -0.05) is 18.0 Å². The molecule has 1 heterocycles. The Bertz CT molecular complexity index is 404. The Morgan fingerprint density at radius 2 is 2.29 bits per heavy atom. The van der Waals surface area contributed by atoms with Crippen molar-refractivity contribution in [3.05, 3.63) is 20.8 Å². The van der Waals surface area contributed by atoms with Crippen LogP contribution in [0.4, 0.5) is 0 Å². The zero-order valence-electron chi connectivity index (χ0n) is 10.0. The minimum Gasteiger partial charge on any atom is -0.306 e. The van der Waals surface area contributed by atoms with E-state index in [1.165, 1.54) is 42.5 Å². The van der Waals surface area contributed by atoms with Crippen molar-refractivity contribution in [2.45, 2.75) is 49.4 Å². The van der Waals surface area contributed by atoms with Gasteiger partial charge in [-0.05, 0) is 43.6 Å². The summed E-state index contributed by atoms with van der Waals surface area (Å²) in [7, 11) is 0. The highest BCUT2D eigenvalue weighted by Gasteiger charge is 2.32. The van der Waals surface area contributed by atoms with Crippen molar-refractivity contribution in [3.63, 3.8) is 0 Å². The van der Waals surface area contributed by atoms with Crippen LogP contribution in [-0.2, 0) is 6.42 Å². The summed E-state index contributed by atoms with van der Waals surface area (Å²) in [5, 5.41) is 4.69. The SMILES string of the molecule is CSC1CCCC1NC1CCc2sc(Cl)cc21. The van der Waals surface area contributed by atoms with Crippen molar-refractivity contribution in [2.24, 2.45) is 0 Å². The van der Waals surface area contributed by atoms with E-state index in [-0.39, 0.29) is 0 Å². The van der Waals surface area contributed by atoms with Crippen LogP contribution in [0.1, 0.15) is 42.2 Å². The van der Waals surface area contributed by atoms with Gasteiger partial charge in [0.05, 0.1) is 4.34 Å². The summed E-state index contributed by atoms with van der Waals surface area (Å²) in [5.74, 6) is 0. The van der Waals surface area contributed by atoms with Crippen molar-refractivity contribution < 1.29 is 0 Å². The van der Waals surface area contributed by atoms with Gasteiger partial charge in [0.1, 0.15) is 0 Å². The van der Waals surface area contributed by atoms with E-state index >= 15 is 0 Å². The molecule has 0 radical (unpaired) electrons. The molecule has 1 nitrogen and oxygen atoms in total. The zero-order chi connectivity index (χ0) is 11.8. The van der Waals surface area contributed by atoms with Gasteiger partial charge in [0, 0.05) is 22.2 Å². The summed E-state index contributed by atoms with van der Waals surface area (Å²) < 4.78 is 0.953. The average molecular weight is 288 g/mol. The molecular formula is C13H18ClNS2. The van der Waals surface area contributed by atoms with Crippen molar-refractivity contribution in [2.75, 3.05) is 6.26 Å². The molecule has 0 aromatic carbocycles. The molecule has 0 saturated heterocycles. The third kappa shape index (κ3) is 2.40. The molecule has 0 amide bonds. The third-order valence-electron chi connectivity index (χ3n) is 4.02. The number of nitrogens with one attached hydrogen (secondary N) is 1. The van der Waals surface area contributed by atoms with E-state index in [1.54, 1.807) is 11.3 Å². The van der Waals surface area contributed by atoms with E-state index in [2.05, 4.69) is 17.6 Å². The Morgan fingerprint density at radius 3 is 3.12 bits per heavy atom. The molecule has 0 spiro atoms.